The van der Waals surface area contributed by atoms with Gasteiger partial charge in [-0.3, -0.25) is 0 Å². The molecule has 0 amide bonds. The van der Waals surface area contributed by atoms with Gasteiger partial charge in [0, 0.05) is 5.92 Å². The zero-order chi connectivity index (χ0) is 13.7. The first-order valence-electron chi connectivity index (χ1n) is 8.16. The lowest BCUT2D eigenvalue weighted by Crippen LogP contribution is -2.39. The molecule has 2 saturated carbocycles. The summed E-state index contributed by atoms with van der Waals surface area (Å²) >= 11 is 0. The Morgan fingerprint density at radius 3 is 2.37 bits per heavy atom. The zero-order valence-corrected chi connectivity index (χ0v) is 12.5. The molecule has 4 atom stereocenters. The van der Waals surface area contributed by atoms with Gasteiger partial charge < -0.3 is 4.74 Å². The molecular weight excluding hydrogens is 232 g/mol. The molecule has 0 aliphatic heterocycles. The van der Waals surface area contributed by atoms with E-state index in [1.54, 1.807) is 6.26 Å². The Morgan fingerprint density at radius 2 is 1.74 bits per heavy atom. The summed E-state index contributed by atoms with van der Waals surface area (Å²) in [7, 11) is 0. The number of hydrogen-bond acceptors (Lipinski definition) is 1. The predicted octanol–water partition coefficient (Wildman–Crippen LogP) is 5.33. The lowest BCUT2D eigenvalue weighted by molar-refractivity contribution is 0.00422. The van der Waals surface area contributed by atoms with Gasteiger partial charge in [0.05, 0.1) is 6.26 Å². The molecule has 2 aliphatic rings. The topological polar surface area (TPSA) is 9.23 Å². The third kappa shape index (κ3) is 3.43. The van der Waals surface area contributed by atoms with Crippen molar-refractivity contribution >= 4 is 0 Å². The summed E-state index contributed by atoms with van der Waals surface area (Å²) in [6.07, 6.45) is 15.0. The molecular formula is C18H30O. The first kappa shape index (κ1) is 14.7. The van der Waals surface area contributed by atoms with Gasteiger partial charge in [0.25, 0.3) is 0 Å². The Morgan fingerprint density at radius 1 is 1.00 bits per heavy atom. The van der Waals surface area contributed by atoms with Gasteiger partial charge in [0.1, 0.15) is 6.10 Å². The molecule has 0 aromatic heterocycles. The van der Waals surface area contributed by atoms with Gasteiger partial charge in [-0.1, -0.05) is 71.1 Å². The van der Waals surface area contributed by atoms with Crippen LogP contribution in [0.2, 0.25) is 0 Å². The van der Waals surface area contributed by atoms with Crippen LogP contribution in [0.5, 0.6) is 0 Å². The molecule has 0 bridgehead atoms. The molecule has 19 heavy (non-hydrogen) atoms. The van der Waals surface area contributed by atoms with Crippen molar-refractivity contribution in [2.45, 2.75) is 64.4 Å². The molecule has 4 unspecified atom stereocenters. The fourth-order valence-electron chi connectivity index (χ4n) is 4.64. The fourth-order valence-corrected chi connectivity index (χ4v) is 4.64. The molecule has 0 heterocycles. The highest BCUT2D eigenvalue weighted by Gasteiger charge is 2.40. The molecule has 0 saturated heterocycles. The third-order valence-corrected chi connectivity index (χ3v) is 5.45. The minimum atomic E-state index is 0.173. The summed E-state index contributed by atoms with van der Waals surface area (Å²) < 4.78 is 5.75. The van der Waals surface area contributed by atoms with Crippen LogP contribution in [0.25, 0.3) is 0 Å². The SMILES string of the molecule is C=COC(C=C)C1CCCC(C)C1C1CCCCC1. The van der Waals surface area contributed by atoms with Crippen molar-refractivity contribution in [2.75, 3.05) is 0 Å². The maximum absolute atomic E-state index is 5.75. The van der Waals surface area contributed by atoms with Crippen molar-refractivity contribution in [3.63, 3.8) is 0 Å². The van der Waals surface area contributed by atoms with Crippen LogP contribution in [-0.4, -0.2) is 6.10 Å². The van der Waals surface area contributed by atoms with Crippen molar-refractivity contribution in [3.8, 4) is 0 Å². The van der Waals surface area contributed by atoms with Crippen molar-refractivity contribution in [2.24, 2.45) is 23.7 Å². The fraction of sp³-hybridized carbons (Fsp3) is 0.778. The van der Waals surface area contributed by atoms with Gasteiger partial charge in [-0.15, -0.1) is 0 Å². The maximum atomic E-state index is 5.75. The van der Waals surface area contributed by atoms with E-state index in [-0.39, 0.29) is 6.10 Å². The van der Waals surface area contributed by atoms with Crippen molar-refractivity contribution in [1.29, 1.82) is 0 Å². The van der Waals surface area contributed by atoms with Gasteiger partial charge in [-0.25, -0.2) is 0 Å². The average molecular weight is 262 g/mol. The Bertz CT molecular complexity index is 290. The van der Waals surface area contributed by atoms with E-state index >= 15 is 0 Å². The van der Waals surface area contributed by atoms with Crippen LogP contribution in [0.15, 0.2) is 25.5 Å². The van der Waals surface area contributed by atoms with E-state index in [4.69, 9.17) is 4.74 Å². The van der Waals surface area contributed by atoms with E-state index in [2.05, 4.69) is 20.1 Å². The summed E-state index contributed by atoms with van der Waals surface area (Å²) in [5, 5.41) is 0. The van der Waals surface area contributed by atoms with Crippen LogP contribution in [0.1, 0.15) is 58.3 Å². The van der Waals surface area contributed by atoms with Crippen LogP contribution in [-0.2, 0) is 4.74 Å². The van der Waals surface area contributed by atoms with Gasteiger partial charge in [0.15, 0.2) is 0 Å². The van der Waals surface area contributed by atoms with Crippen molar-refractivity contribution < 1.29 is 4.74 Å². The van der Waals surface area contributed by atoms with Crippen LogP contribution in [0.3, 0.4) is 0 Å². The third-order valence-electron chi connectivity index (χ3n) is 5.45. The smallest absolute Gasteiger partial charge is 0.119 e. The molecule has 0 aromatic carbocycles. The van der Waals surface area contributed by atoms with E-state index in [0.717, 1.165) is 17.8 Å². The molecule has 2 aliphatic carbocycles. The standard InChI is InChI=1S/C18H30O/c1-4-17(19-5-2)16-13-9-10-14(3)18(16)15-11-7-6-8-12-15/h4-5,14-18H,1-2,6-13H2,3H3. The molecule has 0 radical (unpaired) electrons. The number of rotatable bonds is 5. The second-order valence-corrected chi connectivity index (χ2v) is 6.55. The Kier molecular flexibility index (Phi) is 5.54. The maximum Gasteiger partial charge on any atom is 0.119 e. The van der Waals surface area contributed by atoms with Crippen LogP contribution in [0.4, 0.5) is 0 Å². The Balaban J connectivity index is 2.12. The summed E-state index contributed by atoms with van der Waals surface area (Å²) in [5.41, 5.74) is 0. The van der Waals surface area contributed by atoms with E-state index in [9.17, 15) is 0 Å². The lowest BCUT2D eigenvalue weighted by Gasteiger charge is -2.45. The van der Waals surface area contributed by atoms with Crippen molar-refractivity contribution in [1.82, 2.24) is 0 Å². The van der Waals surface area contributed by atoms with Crippen LogP contribution in [0, 0.1) is 23.7 Å². The predicted molar refractivity (Wildman–Crippen MR) is 81.8 cm³/mol. The molecule has 2 rings (SSSR count). The van der Waals surface area contributed by atoms with E-state index in [1.165, 1.54) is 51.4 Å². The number of ether oxygens (including phenoxy) is 1. The highest BCUT2D eigenvalue weighted by Crippen LogP contribution is 2.46. The first-order chi connectivity index (χ1) is 9.27. The van der Waals surface area contributed by atoms with Crippen molar-refractivity contribution in [3.05, 3.63) is 25.5 Å². The Labute approximate surface area is 119 Å². The zero-order valence-electron chi connectivity index (χ0n) is 12.5. The minimum Gasteiger partial charge on any atom is -0.494 e. The molecule has 0 N–H and O–H groups in total. The summed E-state index contributed by atoms with van der Waals surface area (Å²) in [6.45, 7) is 10.2. The quantitative estimate of drug-likeness (QED) is 0.480. The van der Waals surface area contributed by atoms with Gasteiger partial charge in [0.2, 0.25) is 0 Å². The van der Waals surface area contributed by atoms with E-state index < -0.39 is 0 Å². The number of hydrogen-bond donors (Lipinski definition) is 0. The molecule has 0 spiro atoms. The molecule has 2 fully saturated rings. The van der Waals surface area contributed by atoms with E-state index in [1.807, 2.05) is 6.08 Å². The van der Waals surface area contributed by atoms with E-state index in [0.29, 0.717) is 5.92 Å². The normalized spacial score (nSPS) is 34.5. The first-order valence-corrected chi connectivity index (χ1v) is 8.16. The molecule has 0 aromatic rings. The summed E-state index contributed by atoms with van der Waals surface area (Å²) in [4.78, 5) is 0. The van der Waals surface area contributed by atoms with Gasteiger partial charge in [-0.2, -0.15) is 0 Å². The molecule has 1 heteroatoms. The second-order valence-electron chi connectivity index (χ2n) is 6.55. The minimum absolute atomic E-state index is 0.173. The van der Waals surface area contributed by atoms with Crippen LogP contribution < -0.4 is 0 Å². The molecule has 1 nitrogen and oxygen atoms in total. The van der Waals surface area contributed by atoms with Gasteiger partial charge >= 0.3 is 0 Å². The monoisotopic (exact) mass is 262 g/mol. The summed E-state index contributed by atoms with van der Waals surface area (Å²) in [5.74, 6) is 3.25. The average Bonchev–Trinajstić information content (AvgIpc) is 2.45. The highest BCUT2D eigenvalue weighted by molar-refractivity contribution is 4.96. The lowest BCUT2D eigenvalue weighted by atomic mass is 9.62. The van der Waals surface area contributed by atoms with Crippen LogP contribution >= 0.6 is 0 Å². The highest BCUT2D eigenvalue weighted by atomic mass is 16.5. The molecule has 108 valence electrons. The second kappa shape index (κ2) is 7.17. The van der Waals surface area contributed by atoms with Gasteiger partial charge in [-0.05, 0) is 24.2 Å². The summed E-state index contributed by atoms with van der Waals surface area (Å²) in [6, 6.07) is 0. The largest absolute Gasteiger partial charge is 0.494 e. The Hall–Kier alpha value is -0.720.